The predicted molar refractivity (Wildman–Crippen MR) is 86.7 cm³/mol. The molecule has 1 aliphatic heterocycles. The normalized spacial score (nSPS) is 18.8. The lowest BCUT2D eigenvalue weighted by Gasteiger charge is -2.35. The number of aromatic carboxylic acids is 1. The summed E-state index contributed by atoms with van der Waals surface area (Å²) in [5, 5.41) is 9.60. The van der Waals surface area contributed by atoms with Crippen LogP contribution in [0.4, 0.5) is 5.69 Å². The summed E-state index contributed by atoms with van der Waals surface area (Å²) in [7, 11) is 0. The molecule has 1 N–H and O–H groups in total. The highest BCUT2D eigenvalue weighted by atomic mass is 32.2. The molecule has 1 atom stereocenters. The van der Waals surface area contributed by atoms with E-state index in [9.17, 15) is 9.90 Å². The number of carbonyl (C=O) groups is 1. The maximum absolute atomic E-state index is 11.7. The molecule has 2 rings (SSSR count). The maximum Gasteiger partial charge on any atom is 0.338 e. The number of hydrogen-bond acceptors (Lipinski definition) is 4. The van der Waals surface area contributed by atoms with Gasteiger partial charge in [0, 0.05) is 24.6 Å². The standard InChI is InChI=1S/C16H23NO3S/c1-3-20-12-7-6-10-17(11-12)13-8-5-9-14(21-4-2)15(13)16(18)19/h5,8-9,12H,3-4,6-7,10-11H2,1-2H3,(H,18,19). The van der Waals surface area contributed by atoms with Crippen LogP contribution in [0.1, 0.15) is 37.0 Å². The van der Waals surface area contributed by atoms with Crippen molar-refractivity contribution < 1.29 is 14.6 Å². The molecule has 0 spiro atoms. The van der Waals surface area contributed by atoms with Crippen LogP contribution >= 0.6 is 11.8 Å². The highest BCUT2D eigenvalue weighted by Crippen LogP contribution is 2.32. The molecule has 0 radical (unpaired) electrons. The first-order valence-electron chi connectivity index (χ1n) is 7.53. The zero-order valence-corrected chi connectivity index (χ0v) is 13.5. The molecule has 0 aromatic heterocycles. The van der Waals surface area contributed by atoms with Crippen LogP contribution in [0.5, 0.6) is 0 Å². The van der Waals surface area contributed by atoms with Crippen molar-refractivity contribution in [3.63, 3.8) is 0 Å². The monoisotopic (exact) mass is 309 g/mol. The molecule has 0 amide bonds. The summed E-state index contributed by atoms with van der Waals surface area (Å²) in [5.41, 5.74) is 1.26. The van der Waals surface area contributed by atoms with Crippen molar-refractivity contribution in [3.8, 4) is 0 Å². The quantitative estimate of drug-likeness (QED) is 0.815. The van der Waals surface area contributed by atoms with Gasteiger partial charge in [0.1, 0.15) is 0 Å². The predicted octanol–water partition coefficient (Wildman–Crippen LogP) is 3.50. The van der Waals surface area contributed by atoms with Crippen molar-refractivity contribution in [2.45, 2.75) is 37.7 Å². The summed E-state index contributed by atoms with van der Waals surface area (Å²) in [6.45, 7) is 6.41. The molecule has 5 heteroatoms. The van der Waals surface area contributed by atoms with Crippen LogP contribution in [0.2, 0.25) is 0 Å². The molecule has 116 valence electrons. The Morgan fingerprint density at radius 1 is 1.48 bits per heavy atom. The van der Waals surface area contributed by atoms with E-state index in [-0.39, 0.29) is 6.10 Å². The first-order valence-corrected chi connectivity index (χ1v) is 8.51. The second-order valence-corrected chi connectivity index (χ2v) is 6.36. The van der Waals surface area contributed by atoms with E-state index in [4.69, 9.17) is 4.74 Å². The summed E-state index contributed by atoms with van der Waals surface area (Å²) in [6.07, 6.45) is 2.29. The first kappa shape index (κ1) is 16.2. The second-order valence-electron chi connectivity index (χ2n) is 5.05. The number of rotatable bonds is 6. The molecule has 1 aromatic carbocycles. The topological polar surface area (TPSA) is 49.8 Å². The van der Waals surface area contributed by atoms with Gasteiger partial charge in [-0.15, -0.1) is 11.8 Å². The van der Waals surface area contributed by atoms with E-state index in [2.05, 4.69) is 4.90 Å². The van der Waals surface area contributed by atoms with Gasteiger partial charge in [0.25, 0.3) is 0 Å². The molecule has 1 heterocycles. The summed E-state index contributed by atoms with van der Waals surface area (Å²) >= 11 is 1.58. The Kier molecular flexibility index (Phi) is 5.94. The van der Waals surface area contributed by atoms with Crippen molar-refractivity contribution in [1.29, 1.82) is 0 Å². The Bertz CT molecular complexity index is 490. The fourth-order valence-corrected chi connectivity index (χ4v) is 3.62. The molecule has 21 heavy (non-hydrogen) atoms. The molecule has 1 aromatic rings. The third-order valence-corrected chi connectivity index (χ3v) is 4.58. The van der Waals surface area contributed by atoms with Gasteiger partial charge in [-0.25, -0.2) is 4.79 Å². The average Bonchev–Trinajstić information content (AvgIpc) is 2.48. The molecule has 4 nitrogen and oxygen atoms in total. The number of anilines is 1. The van der Waals surface area contributed by atoms with Crippen LogP contribution in [0.15, 0.2) is 23.1 Å². The van der Waals surface area contributed by atoms with Crippen LogP contribution in [0.3, 0.4) is 0 Å². The Balaban J connectivity index is 2.29. The smallest absolute Gasteiger partial charge is 0.338 e. The van der Waals surface area contributed by atoms with E-state index in [0.717, 1.165) is 42.3 Å². The van der Waals surface area contributed by atoms with Crippen molar-refractivity contribution in [2.24, 2.45) is 0 Å². The van der Waals surface area contributed by atoms with Gasteiger partial charge in [0.2, 0.25) is 0 Å². The van der Waals surface area contributed by atoms with Gasteiger partial charge in [-0.3, -0.25) is 0 Å². The molecular weight excluding hydrogens is 286 g/mol. The summed E-state index contributed by atoms with van der Waals surface area (Å²) in [6, 6.07) is 5.76. The minimum atomic E-state index is -0.847. The Morgan fingerprint density at radius 2 is 2.29 bits per heavy atom. The molecule has 1 fully saturated rings. The van der Waals surface area contributed by atoms with Gasteiger partial charge in [-0.1, -0.05) is 13.0 Å². The van der Waals surface area contributed by atoms with Gasteiger partial charge in [-0.2, -0.15) is 0 Å². The molecule has 1 aliphatic rings. The Labute approximate surface area is 130 Å². The summed E-state index contributed by atoms with van der Waals surface area (Å²) in [5.74, 6) is 0.0192. The maximum atomic E-state index is 11.7. The lowest BCUT2D eigenvalue weighted by molar-refractivity contribution is 0.0524. The number of carboxylic acids is 1. The number of thioether (sulfide) groups is 1. The van der Waals surface area contributed by atoms with Crippen LogP contribution in [-0.2, 0) is 4.74 Å². The van der Waals surface area contributed by atoms with Crippen LogP contribution in [-0.4, -0.2) is 42.6 Å². The van der Waals surface area contributed by atoms with Gasteiger partial charge in [0.05, 0.1) is 17.4 Å². The number of nitrogens with zero attached hydrogens (tertiary/aromatic N) is 1. The van der Waals surface area contributed by atoms with Gasteiger partial charge in [-0.05, 0) is 37.7 Å². The number of piperidine rings is 1. The molecule has 0 bridgehead atoms. The van der Waals surface area contributed by atoms with E-state index in [1.807, 2.05) is 32.0 Å². The largest absolute Gasteiger partial charge is 0.478 e. The first-order chi connectivity index (χ1) is 10.2. The minimum absolute atomic E-state index is 0.202. The minimum Gasteiger partial charge on any atom is -0.478 e. The van der Waals surface area contributed by atoms with Crippen LogP contribution in [0.25, 0.3) is 0 Å². The third kappa shape index (κ3) is 3.92. The van der Waals surface area contributed by atoms with E-state index in [1.165, 1.54) is 0 Å². The highest BCUT2D eigenvalue weighted by Gasteiger charge is 2.25. The lowest BCUT2D eigenvalue weighted by atomic mass is 10.0. The van der Waals surface area contributed by atoms with E-state index < -0.39 is 5.97 Å². The highest BCUT2D eigenvalue weighted by molar-refractivity contribution is 7.99. The average molecular weight is 309 g/mol. The number of ether oxygens (including phenoxy) is 1. The van der Waals surface area contributed by atoms with Crippen molar-refractivity contribution in [2.75, 3.05) is 30.3 Å². The number of benzene rings is 1. The van der Waals surface area contributed by atoms with Crippen LogP contribution < -0.4 is 4.90 Å². The number of carboxylic acid groups (broad SMARTS) is 1. The summed E-state index contributed by atoms with van der Waals surface area (Å²) < 4.78 is 5.72. The van der Waals surface area contributed by atoms with E-state index in [1.54, 1.807) is 11.8 Å². The molecule has 1 saturated heterocycles. The number of hydrogen-bond donors (Lipinski definition) is 1. The molecule has 0 saturated carbocycles. The van der Waals surface area contributed by atoms with E-state index >= 15 is 0 Å². The Morgan fingerprint density at radius 3 is 2.95 bits per heavy atom. The van der Waals surface area contributed by atoms with Crippen molar-refractivity contribution >= 4 is 23.4 Å². The van der Waals surface area contributed by atoms with Crippen molar-refractivity contribution in [3.05, 3.63) is 23.8 Å². The van der Waals surface area contributed by atoms with Crippen molar-refractivity contribution in [1.82, 2.24) is 0 Å². The Hall–Kier alpha value is -1.20. The second kappa shape index (κ2) is 7.71. The fourth-order valence-electron chi connectivity index (χ4n) is 2.80. The van der Waals surface area contributed by atoms with Gasteiger partial charge >= 0.3 is 5.97 Å². The zero-order valence-electron chi connectivity index (χ0n) is 12.7. The van der Waals surface area contributed by atoms with Gasteiger partial charge < -0.3 is 14.7 Å². The van der Waals surface area contributed by atoms with Crippen LogP contribution in [0, 0.1) is 0 Å². The van der Waals surface area contributed by atoms with E-state index in [0.29, 0.717) is 12.2 Å². The molecule has 0 aliphatic carbocycles. The molecular formula is C16H23NO3S. The lowest BCUT2D eigenvalue weighted by Crippen LogP contribution is -2.40. The summed E-state index contributed by atoms with van der Waals surface area (Å²) in [4.78, 5) is 14.7. The molecule has 1 unspecified atom stereocenters. The van der Waals surface area contributed by atoms with Gasteiger partial charge in [0.15, 0.2) is 0 Å². The fraction of sp³-hybridized carbons (Fsp3) is 0.562. The SMILES string of the molecule is CCOC1CCCN(c2cccc(SCC)c2C(=O)O)C1. The third-order valence-electron chi connectivity index (χ3n) is 3.64. The zero-order chi connectivity index (χ0) is 15.2.